The van der Waals surface area contributed by atoms with E-state index in [1.165, 1.54) is 42.7 Å². The molecule has 0 spiro atoms. The third-order valence-electron chi connectivity index (χ3n) is 4.08. The number of benzene rings is 1. The van der Waals surface area contributed by atoms with Crippen LogP contribution in [-0.2, 0) is 20.0 Å². The summed E-state index contributed by atoms with van der Waals surface area (Å²) in [6.45, 7) is 0.858. The summed E-state index contributed by atoms with van der Waals surface area (Å²) in [5, 5.41) is 3.15. The maximum atomic E-state index is 12.7. The molecule has 0 radical (unpaired) electrons. The monoisotopic (exact) mass is 361 g/mol. The molecule has 0 aliphatic carbocycles. The van der Waals surface area contributed by atoms with Gasteiger partial charge in [-0.25, -0.2) is 21.1 Å². The first-order valence-corrected chi connectivity index (χ1v) is 10.3. The number of rotatable bonds is 5. The molecular formula is C14H23N3O4S2. The quantitative estimate of drug-likeness (QED) is 0.816. The third-order valence-corrected chi connectivity index (χ3v) is 7.79. The van der Waals surface area contributed by atoms with Gasteiger partial charge in [-0.1, -0.05) is 6.07 Å². The first-order valence-electron chi connectivity index (χ1n) is 7.39. The molecule has 1 saturated heterocycles. The Balaban J connectivity index is 2.31. The summed E-state index contributed by atoms with van der Waals surface area (Å²) < 4.78 is 52.3. The predicted octanol–water partition coefficient (Wildman–Crippen LogP) is 0.309. The average molecular weight is 361 g/mol. The lowest BCUT2D eigenvalue weighted by Gasteiger charge is -2.31. The Bertz CT molecular complexity index is 752. The van der Waals surface area contributed by atoms with E-state index in [2.05, 4.69) is 5.32 Å². The molecule has 9 heteroatoms. The molecule has 1 fully saturated rings. The maximum Gasteiger partial charge on any atom is 0.243 e. The van der Waals surface area contributed by atoms with Gasteiger partial charge < -0.3 is 5.32 Å². The van der Waals surface area contributed by atoms with E-state index in [0.717, 1.165) is 17.1 Å². The van der Waals surface area contributed by atoms with Gasteiger partial charge in [-0.3, -0.25) is 0 Å². The van der Waals surface area contributed by atoms with Crippen molar-refractivity contribution < 1.29 is 16.8 Å². The van der Waals surface area contributed by atoms with E-state index in [0.29, 0.717) is 19.1 Å². The summed E-state index contributed by atoms with van der Waals surface area (Å²) in [6.07, 6.45) is 1.48. The van der Waals surface area contributed by atoms with E-state index in [-0.39, 0.29) is 9.79 Å². The van der Waals surface area contributed by atoms with Crippen molar-refractivity contribution in [1.82, 2.24) is 13.9 Å². The Morgan fingerprint density at radius 1 is 1.09 bits per heavy atom. The van der Waals surface area contributed by atoms with Crippen LogP contribution in [0.5, 0.6) is 0 Å². The van der Waals surface area contributed by atoms with Crippen LogP contribution in [-0.4, -0.2) is 65.7 Å². The largest absolute Gasteiger partial charge is 0.317 e. The van der Waals surface area contributed by atoms with Crippen LogP contribution >= 0.6 is 0 Å². The molecule has 1 N–H and O–H groups in total. The van der Waals surface area contributed by atoms with Crippen molar-refractivity contribution in [2.75, 3.05) is 34.2 Å². The molecule has 7 nitrogen and oxygen atoms in total. The fourth-order valence-corrected chi connectivity index (χ4v) is 5.08. The lowest BCUT2D eigenvalue weighted by molar-refractivity contribution is 0.298. The first-order chi connectivity index (χ1) is 10.7. The summed E-state index contributed by atoms with van der Waals surface area (Å²) in [5.74, 6) is 0. The molecule has 1 aliphatic rings. The number of hydrogen-bond donors (Lipinski definition) is 1. The van der Waals surface area contributed by atoms with E-state index in [4.69, 9.17) is 0 Å². The zero-order chi connectivity index (χ0) is 17.3. The van der Waals surface area contributed by atoms with Crippen LogP contribution < -0.4 is 5.32 Å². The van der Waals surface area contributed by atoms with Gasteiger partial charge in [0.25, 0.3) is 0 Å². The smallest absolute Gasteiger partial charge is 0.243 e. The number of nitrogens with zero attached hydrogens (tertiary/aromatic N) is 2. The van der Waals surface area contributed by atoms with E-state index >= 15 is 0 Å². The Labute approximate surface area is 138 Å². The minimum Gasteiger partial charge on any atom is -0.317 e. The van der Waals surface area contributed by atoms with E-state index < -0.39 is 20.0 Å². The first kappa shape index (κ1) is 18.3. The highest BCUT2D eigenvalue weighted by Gasteiger charge is 2.30. The molecule has 2 rings (SSSR count). The second-order valence-electron chi connectivity index (χ2n) is 5.73. The maximum absolute atomic E-state index is 12.7. The Morgan fingerprint density at radius 2 is 1.65 bits per heavy atom. The van der Waals surface area contributed by atoms with Gasteiger partial charge in [-0.2, -0.15) is 4.31 Å². The lowest BCUT2D eigenvalue weighted by atomic mass is 10.1. The summed E-state index contributed by atoms with van der Waals surface area (Å²) in [7, 11) is -2.65. The van der Waals surface area contributed by atoms with Gasteiger partial charge in [0.05, 0.1) is 9.79 Å². The summed E-state index contributed by atoms with van der Waals surface area (Å²) in [4.78, 5) is -0.00276. The summed E-state index contributed by atoms with van der Waals surface area (Å²) >= 11 is 0. The molecule has 1 heterocycles. The minimum atomic E-state index is -3.68. The Morgan fingerprint density at radius 3 is 2.17 bits per heavy atom. The molecule has 0 bridgehead atoms. The van der Waals surface area contributed by atoms with Crippen LogP contribution in [0, 0.1) is 0 Å². The second kappa shape index (κ2) is 6.86. The van der Waals surface area contributed by atoms with Crippen LogP contribution in [0.1, 0.15) is 12.8 Å². The number of nitrogens with one attached hydrogen (secondary N) is 1. The highest BCUT2D eigenvalue weighted by atomic mass is 32.2. The third kappa shape index (κ3) is 3.74. The molecule has 1 aromatic carbocycles. The van der Waals surface area contributed by atoms with Gasteiger partial charge in [-0.15, -0.1) is 0 Å². The van der Waals surface area contributed by atoms with Crippen LogP contribution in [0.15, 0.2) is 34.1 Å². The summed E-state index contributed by atoms with van der Waals surface area (Å²) in [6, 6.07) is 5.86. The van der Waals surface area contributed by atoms with Gasteiger partial charge in [0.2, 0.25) is 20.0 Å². The molecule has 0 amide bonds. The normalized spacial score (nSPS) is 18.4. The van der Waals surface area contributed by atoms with Crippen molar-refractivity contribution in [3.63, 3.8) is 0 Å². The minimum absolute atomic E-state index is 0.0170. The van der Waals surface area contributed by atoms with E-state index in [1.54, 1.807) is 0 Å². The number of sulfonamides is 2. The van der Waals surface area contributed by atoms with Crippen LogP contribution in [0.4, 0.5) is 0 Å². The second-order valence-corrected chi connectivity index (χ2v) is 9.82. The van der Waals surface area contributed by atoms with Gasteiger partial charge in [-0.05, 0) is 38.1 Å². The van der Waals surface area contributed by atoms with Crippen molar-refractivity contribution in [2.45, 2.75) is 28.7 Å². The molecule has 23 heavy (non-hydrogen) atoms. The van der Waals surface area contributed by atoms with Crippen molar-refractivity contribution in [3.05, 3.63) is 24.3 Å². The molecular weight excluding hydrogens is 338 g/mol. The Hall–Kier alpha value is -1.00. The van der Waals surface area contributed by atoms with Gasteiger partial charge in [0.15, 0.2) is 0 Å². The fourth-order valence-electron chi connectivity index (χ4n) is 2.54. The topological polar surface area (TPSA) is 86.8 Å². The highest BCUT2D eigenvalue weighted by Crippen LogP contribution is 2.23. The molecule has 0 aromatic heterocycles. The molecule has 0 atom stereocenters. The van der Waals surface area contributed by atoms with Crippen LogP contribution in [0.3, 0.4) is 0 Å². The molecule has 1 aliphatic heterocycles. The van der Waals surface area contributed by atoms with Gasteiger partial charge >= 0.3 is 0 Å². The standard InChI is InChI=1S/C14H23N3O4S2/c1-15-12-7-9-17(10-8-12)23(20,21)14-6-4-5-13(11-14)22(18,19)16(2)3/h4-6,11-12,15H,7-10H2,1-3H3. The number of hydrogen-bond acceptors (Lipinski definition) is 5. The van der Waals surface area contributed by atoms with Gasteiger partial charge in [0.1, 0.15) is 0 Å². The summed E-state index contributed by atoms with van der Waals surface area (Å²) in [5.41, 5.74) is 0. The van der Waals surface area contributed by atoms with Crippen LogP contribution in [0.25, 0.3) is 0 Å². The Kier molecular flexibility index (Phi) is 5.47. The van der Waals surface area contributed by atoms with E-state index in [9.17, 15) is 16.8 Å². The predicted molar refractivity (Wildman–Crippen MR) is 88.2 cm³/mol. The number of piperidine rings is 1. The highest BCUT2D eigenvalue weighted by molar-refractivity contribution is 7.90. The van der Waals surface area contributed by atoms with Crippen molar-refractivity contribution in [1.29, 1.82) is 0 Å². The lowest BCUT2D eigenvalue weighted by Crippen LogP contribution is -2.43. The zero-order valence-electron chi connectivity index (χ0n) is 13.6. The SMILES string of the molecule is CNC1CCN(S(=O)(=O)c2cccc(S(=O)(=O)N(C)C)c2)CC1. The fraction of sp³-hybridized carbons (Fsp3) is 0.571. The average Bonchev–Trinajstić information content (AvgIpc) is 2.54. The molecule has 130 valence electrons. The molecule has 0 saturated carbocycles. The van der Waals surface area contributed by atoms with Gasteiger partial charge in [0, 0.05) is 33.2 Å². The molecule has 0 unspecified atom stereocenters. The van der Waals surface area contributed by atoms with E-state index in [1.807, 2.05) is 7.05 Å². The zero-order valence-corrected chi connectivity index (χ0v) is 15.2. The molecule has 1 aromatic rings. The van der Waals surface area contributed by atoms with Crippen molar-refractivity contribution in [3.8, 4) is 0 Å². The van der Waals surface area contributed by atoms with Crippen LogP contribution in [0.2, 0.25) is 0 Å². The van der Waals surface area contributed by atoms with Crippen molar-refractivity contribution in [2.24, 2.45) is 0 Å². The van der Waals surface area contributed by atoms with Crippen molar-refractivity contribution >= 4 is 20.0 Å².